The molecule has 0 bridgehead atoms. The summed E-state index contributed by atoms with van der Waals surface area (Å²) in [6, 6.07) is 11.9. The molecule has 30 heavy (non-hydrogen) atoms. The summed E-state index contributed by atoms with van der Waals surface area (Å²) in [5.41, 5.74) is 7.93. The number of likely N-dealkylation sites (tertiary alicyclic amines) is 1. The highest BCUT2D eigenvalue weighted by Gasteiger charge is 2.35. The largest absolute Gasteiger partial charge is 0.496 e. The fourth-order valence-corrected chi connectivity index (χ4v) is 3.95. The molecule has 1 atom stereocenters. The molecular weight excluding hydrogens is 406 g/mol. The highest BCUT2D eigenvalue weighted by atomic mass is 35.5. The number of imide groups is 1. The lowest BCUT2D eigenvalue weighted by Crippen LogP contribution is -2.45. The number of piperidine rings is 1. The molecular formula is C22H24ClN3O4. The number of carbonyl (C=O) groups is 3. The first-order chi connectivity index (χ1) is 14.0. The molecule has 2 aliphatic heterocycles. The highest BCUT2D eigenvalue weighted by Crippen LogP contribution is 2.27. The van der Waals surface area contributed by atoms with Crippen LogP contribution < -0.4 is 10.5 Å². The molecule has 2 aliphatic rings. The number of nitrogens with zero attached hydrogens (tertiary/aromatic N) is 2. The van der Waals surface area contributed by atoms with Crippen LogP contribution in [-0.4, -0.2) is 53.8 Å². The number of benzene rings is 2. The van der Waals surface area contributed by atoms with Crippen LogP contribution in [0.3, 0.4) is 0 Å². The highest BCUT2D eigenvalue weighted by molar-refractivity contribution is 6.21. The molecule has 2 aromatic carbocycles. The van der Waals surface area contributed by atoms with Crippen molar-refractivity contribution in [1.29, 1.82) is 0 Å². The molecule has 158 valence electrons. The maximum absolute atomic E-state index is 13.1. The van der Waals surface area contributed by atoms with Crippen LogP contribution in [0.15, 0.2) is 42.5 Å². The minimum Gasteiger partial charge on any atom is -0.496 e. The third kappa shape index (κ3) is 3.91. The molecule has 1 saturated heterocycles. The first kappa shape index (κ1) is 21.8. The second kappa shape index (κ2) is 8.85. The van der Waals surface area contributed by atoms with E-state index in [0.29, 0.717) is 41.1 Å². The summed E-state index contributed by atoms with van der Waals surface area (Å²) in [6.45, 7) is 1.25. The van der Waals surface area contributed by atoms with Crippen molar-refractivity contribution < 1.29 is 19.1 Å². The topological polar surface area (TPSA) is 92.9 Å². The van der Waals surface area contributed by atoms with E-state index in [9.17, 15) is 14.4 Å². The summed E-state index contributed by atoms with van der Waals surface area (Å²) in [5.74, 6) is -0.339. The maximum Gasteiger partial charge on any atom is 0.261 e. The van der Waals surface area contributed by atoms with Crippen molar-refractivity contribution in [3.05, 3.63) is 64.7 Å². The number of ether oxygens (including phenoxy) is 1. The van der Waals surface area contributed by atoms with Gasteiger partial charge in [-0.1, -0.05) is 18.2 Å². The van der Waals surface area contributed by atoms with Gasteiger partial charge in [-0.3, -0.25) is 19.3 Å². The molecule has 8 heteroatoms. The molecule has 0 radical (unpaired) electrons. The third-order valence-corrected chi connectivity index (χ3v) is 5.46. The van der Waals surface area contributed by atoms with Gasteiger partial charge >= 0.3 is 0 Å². The Morgan fingerprint density at radius 1 is 1.13 bits per heavy atom. The summed E-state index contributed by atoms with van der Waals surface area (Å²) >= 11 is 0. The van der Waals surface area contributed by atoms with E-state index in [2.05, 4.69) is 0 Å². The second-order valence-electron chi connectivity index (χ2n) is 7.43. The van der Waals surface area contributed by atoms with Crippen LogP contribution in [0, 0.1) is 0 Å². The first-order valence-corrected chi connectivity index (χ1v) is 9.66. The van der Waals surface area contributed by atoms with E-state index >= 15 is 0 Å². The molecule has 2 N–H and O–H groups in total. The van der Waals surface area contributed by atoms with Gasteiger partial charge in [0.2, 0.25) is 0 Å². The van der Waals surface area contributed by atoms with Crippen LogP contribution in [0.2, 0.25) is 0 Å². The Labute approximate surface area is 181 Å². The van der Waals surface area contributed by atoms with E-state index < -0.39 is 0 Å². The van der Waals surface area contributed by atoms with Crippen LogP contribution in [0.1, 0.15) is 49.5 Å². The SMILES string of the molecule is COc1ccc(CN2C(=O)c3ccccc3C2=O)cc1C(=O)N1CCCC(N)C1.Cl. The van der Waals surface area contributed by atoms with Gasteiger partial charge in [-0.2, -0.15) is 0 Å². The average molecular weight is 430 g/mol. The molecule has 0 aromatic heterocycles. The molecule has 0 aliphatic carbocycles. The van der Waals surface area contributed by atoms with Gasteiger partial charge in [0.25, 0.3) is 17.7 Å². The van der Waals surface area contributed by atoms with Gasteiger partial charge in [0, 0.05) is 19.1 Å². The van der Waals surface area contributed by atoms with Crippen molar-refractivity contribution in [2.75, 3.05) is 20.2 Å². The monoisotopic (exact) mass is 429 g/mol. The maximum atomic E-state index is 13.1. The summed E-state index contributed by atoms with van der Waals surface area (Å²) in [4.78, 5) is 41.3. The Morgan fingerprint density at radius 3 is 2.40 bits per heavy atom. The predicted octanol–water partition coefficient (Wildman–Crippen LogP) is 2.48. The van der Waals surface area contributed by atoms with Gasteiger partial charge in [-0.25, -0.2) is 0 Å². The van der Waals surface area contributed by atoms with Gasteiger partial charge in [0.1, 0.15) is 5.75 Å². The fraction of sp³-hybridized carbons (Fsp3) is 0.318. The third-order valence-electron chi connectivity index (χ3n) is 5.46. The lowest BCUT2D eigenvalue weighted by Gasteiger charge is -2.31. The number of hydrogen-bond donors (Lipinski definition) is 1. The lowest BCUT2D eigenvalue weighted by atomic mass is 10.0. The number of carbonyl (C=O) groups excluding carboxylic acids is 3. The molecule has 2 aromatic rings. The number of rotatable bonds is 4. The first-order valence-electron chi connectivity index (χ1n) is 9.66. The van der Waals surface area contributed by atoms with Gasteiger partial charge in [0.15, 0.2) is 0 Å². The lowest BCUT2D eigenvalue weighted by molar-refractivity contribution is 0.0642. The molecule has 1 fully saturated rings. The van der Waals surface area contributed by atoms with E-state index in [1.807, 2.05) is 0 Å². The van der Waals surface area contributed by atoms with Crippen LogP contribution in [0.5, 0.6) is 5.75 Å². The van der Waals surface area contributed by atoms with Crippen molar-refractivity contribution in [2.24, 2.45) is 5.73 Å². The normalized spacial score (nSPS) is 18.1. The number of amides is 3. The minimum atomic E-state index is -0.323. The van der Waals surface area contributed by atoms with Crippen LogP contribution in [0.4, 0.5) is 0 Å². The van der Waals surface area contributed by atoms with Gasteiger partial charge in [0.05, 0.1) is 30.3 Å². The smallest absolute Gasteiger partial charge is 0.261 e. The Kier molecular flexibility index (Phi) is 6.43. The van der Waals surface area contributed by atoms with Gasteiger partial charge in [-0.15, -0.1) is 12.4 Å². The van der Waals surface area contributed by atoms with Crippen molar-refractivity contribution in [3.8, 4) is 5.75 Å². The van der Waals surface area contributed by atoms with Crippen molar-refractivity contribution in [3.63, 3.8) is 0 Å². The van der Waals surface area contributed by atoms with E-state index in [1.54, 1.807) is 47.4 Å². The second-order valence-corrected chi connectivity index (χ2v) is 7.43. The zero-order valence-corrected chi connectivity index (χ0v) is 17.5. The van der Waals surface area contributed by atoms with Crippen molar-refractivity contribution in [1.82, 2.24) is 9.80 Å². The molecule has 2 heterocycles. The van der Waals surface area contributed by atoms with Crippen molar-refractivity contribution >= 4 is 30.1 Å². The van der Waals surface area contributed by atoms with E-state index in [4.69, 9.17) is 10.5 Å². The Balaban J connectivity index is 0.00000256. The zero-order valence-electron chi connectivity index (χ0n) is 16.7. The van der Waals surface area contributed by atoms with E-state index in [1.165, 1.54) is 12.0 Å². The van der Waals surface area contributed by atoms with Crippen LogP contribution in [0.25, 0.3) is 0 Å². The number of halogens is 1. The molecule has 0 spiro atoms. The Hall–Kier alpha value is -2.90. The Morgan fingerprint density at radius 2 is 1.80 bits per heavy atom. The number of fused-ring (bicyclic) bond motifs is 1. The fourth-order valence-electron chi connectivity index (χ4n) is 3.95. The molecule has 4 rings (SSSR count). The molecule has 7 nitrogen and oxygen atoms in total. The summed E-state index contributed by atoms with van der Waals surface area (Å²) in [5, 5.41) is 0. The minimum absolute atomic E-state index is 0. The zero-order chi connectivity index (χ0) is 20.5. The van der Waals surface area contributed by atoms with Crippen LogP contribution in [-0.2, 0) is 6.54 Å². The number of nitrogens with two attached hydrogens (primary N) is 1. The summed E-state index contributed by atoms with van der Waals surface area (Å²) < 4.78 is 5.38. The van der Waals surface area contributed by atoms with Gasteiger partial charge < -0.3 is 15.4 Å². The molecule has 0 saturated carbocycles. The van der Waals surface area contributed by atoms with Crippen molar-refractivity contribution in [2.45, 2.75) is 25.4 Å². The van der Waals surface area contributed by atoms with E-state index in [0.717, 1.165) is 12.8 Å². The molecule has 3 amide bonds. The number of methoxy groups -OCH3 is 1. The van der Waals surface area contributed by atoms with Crippen LogP contribution >= 0.6 is 12.4 Å². The molecule has 1 unspecified atom stereocenters. The quantitative estimate of drug-likeness (QED) is 0.753. The van der Waals surface area contributed by atoms with E-state index in [-0.39, 0.29) is 42.7 Å². The van der Waals surface area contributed by atoms with Gasteiger partial charge in [-0.05, 0) is 42.7 Å². The predicted molar refractivity (Wildman–Crippen MR) is 114 cm³/mol. The average Bonchev–Trinajstić information content (AvgIpc) is 2.98. The number of hydrogen-bond acceptors (Lipinski definition) is 5. The standard InChI is InChI=1S/C22H23N3O4.ClH/c1-29-19-9-8-14(11-18(19)20(26)24-10-4-5-15(23)13-24)12-25-21(27)16-6-2-3-7-17(16)22(25)28;/h2-3,6-9,11,15H,4-5,10,12-13,23H2,1H3;1H. The summed E-state index contributed by atoms with van der Waals surface area (Å²) in [6.07, 6.45) is 1.77. The summed E-state index contributed by atoms with van der Waals surface area (Å²) in [7, 11) is 1.51. The Bertz CT molecular complexity index is 959.